The first kappa shape index (κ1) is 46.6. The van der Waals surface area contributed by atoms with Gasteiger partial charge in [0.05, 0.1) is 30.6 Å². The number of ether oxygens (including phenoxy) is 2. The third-order valence-electron chi connectivity index (χ3n) is 9.87. The summed E-state index contributed by atoms with van der Waals surface area (Å²) in [6.07, 6.45) is 1.76. The van der Waals surface area contributed by atoms with E-state index in [-0.39, 0.29) is 22.9 Å². The van der Waals surface area contributed by atoms with Crippen molar-refractivity contribution in [3.05, 3.63) is 147 Å². The predicted octanol–water partition coefficient (Wildman–Crippen LogP) is 13.1. The van der Waals surface area contributed by atoms with Crippen LogP contribution >= 0.6 is 63.7 Å². The summed E-state index contributed by atoms with van der Waals surface area (Å²) in [6.45, 7) is 13.4. The van der Waals surface area contributed by atoms with Crippen molar-refractivity contribution in [3.8, 4) is 11.5 Å². The van der Waals surface area contributed by atoms with Gasteiger partial charge in [0.15, 0.2) is 17.3 Å². The Morgan fingerprint density at radius 3 is 1.52 bits per heavy atom. The first-order chi connectivity index (χ1) is 27.4. The Labute approximate surface area is 374 Å². The minimum atomic E-state index is -0.547. The number of rotatable bonds is 12. The van der Waals surface area contributed by atoms with E-state index in [1.54, 1.807) is 49.6 Å². The number of hydrogen-bond acceptors (Lipinski definition) is 7. The number of nitrogens with one attached hydrogen (secondary N) is 2. The van der Waals surface area contributed by atoms with Crippen molar-refractivity contribution >= 4 is 98.5 Å². The van der Waals surface area contributed by atoms with E-state index in [9.17, 15) is 19.2 Å². The number of benzene rings is 5. The Hall–Kier alpha value is -4.10. The maximum atomic E-state index is 12.7. The molecular formula is C46H46Br4N2O6. The number of Topliss-reactive ketones (excluding diaryl/α,β-unsaturated/α-hetero) is 2. The second kappa shape index (κ2) is 20.2. The van der Waals surface area contributed by atoms with E-state index in [2.05, 4.69) is 108 Å². The van der Waals surface area contributed by atoms with Gasteiger partial charge in [-0.2, -0.15) is 0 Å². The highest BCUT2D eigenvalue weighted by atomic mass is 79.9. The maximum absolute atomic E-state index is 12.7. The summed E-state index contributed by atoms with van der Waals surface area (Å²) >= 11 is 14.3. The molecule has 0 saturated carbocycles. The van der Waals surface area contributed by atoms with Crippen LogP contribution in [-0.4, -0.2) is 37.6 Å². The molecule has 58 heavy (non-hydrogen) atoms. The molecule has 0 atom stereocenters. The first-order valence-corrected chi connectivity index (χ1v) is 21.7. The highest BCUT2D eigenvalue weighted by molar-refractivity contribution is 9.11. The van der Waals surface area contributed by atoms with Gasteiger partial charge in [-0.25, -0.2) is 4.79 Å². The van der Waals surface area contributed by atoms with Gasteiger partial charge < -0.3 is 20.1 Å². The van der Waals surface area contributed by atoms with Gasteiger partial charge in [0, 0.05) is 40.5 Å². The minimum Gasteiger partial charge on any atom is -0.494 e. The number of esters is 1. The lowest BCUT2D eigenvalue weighted by atomic mass is 9.78. The summed E-state index contributed by atoms with van der Waals surface area (Å²) in [5.41, 5.74) is 8.78. The molecule has 0 heterocycles. The van der Waals surface area contributed by atoms with Gasteiger partial charge >= 0.3 is 5.97 Å². The quantitative estimate of drug-likeness (QED) is 0.0727. The predicted molar refractivity (Wildman–Crippen MR) is 248 cm³/mol. The zero-order valence-corrected chi connectivity index (χ0v) is 40.2. The fraction of sp³-hybridized carbons (Fsp3) is 0.261. The lowest BCUT2D eigenvalue weighted by Gasteiger charge is -2.28. The average Bonchev–Trinajstić information content (AvgIpc) is 3.19. The third-order valence-corrected chi connectivity index (χ3v) is 12.2. The molecular weight excluding hydrogens is 996 g/mol. The zero-order chi connectivity index (χ0) is 43.1. The second-order valence-corrected chi connectivity index (χ2v) is 17.4. The number of aryl methyl sites for hydroxylation is 2. The van der Waals surface area contributed by atoms with E-state index < -0.39 is 5.97 Å². The van der Waals surface area contributed by atoms with E-state index in [4.69, 9.17) is 9.47 Å². The topological polar surface area (TPSA) is 111 Å². The van der Waals surface area contributed by atoms with Crippen molar-refractivity contribution < 1.29 is 28.7 Å². The summed E-state index contributed by atoms with van der Waals surface area (Å²) in [5, 5.41) is 6.30. The smallest absolute Gasteiger partial charge is 0.343 e. The Morgan fingerprint density at radius 2 is 1.07 bits per heavy atom. The van der Waals surface area contributed by atoms with Crippen LogP contribution in [0.2, 0.25) is 0 Å². The summed E-state index contributed by atoms with van der Waals surface area (Å²) in [4.78, 5) is 48.6. The number of amides is 1. The van der Waals surface area contributed by atoms with Gasteiger partial charge in [-0.15, -0.1) is 0 Å². The fourth-order valence-corrected chi connectivity index (χ4v) is 9.28. The van der Waals surface area contributed by atoms with Gasteiger partial charge in [-0.1, -0.05) is 58.0 Å². The number of ketones is 2. The van der Waals surface area contributed by atoms with Crippen molar-refractivity contribution in [3.63, 3.8) is 0 Å². The van der Waals surface area contributed by atoms with Crippen LogP contribution in [0, 0.1) is 6.92 Å². The van der Waals surface area contributed by atoms with Crippen LogP contribution in [0.25, 0.3) is 0 Å². The highest BCUT2D eigenvalue weighted by Crippen LogP contribution is 2.44. The Balaban J connectivity index is 0.000000267. The monoisotopic (exact) mass is 1040 g/mol. The third kappa shape index (κ3) is 10.7. The van der Waals surface area contributed by atoms with Gasteiger partial charge in [0.25, 0.3) is 5.91 Å². The molecule has 0 bridgehead atoms. The van der Waals surface area contributed by atoms with E-state index in [1.165, 1.54) is 25.5 Å². The number of halogens is 4. The summed E-state index contributed by atoms with van der Waals surface area (Å²) < 4.78 is 14.0. The normalized spacial score (nSPS) is 10.9. The Bertz CT molecular complexity index is 2340. The average molecular weight is 1040 g/mol. The molecule has 0 radical (unpaired) electrons. The SMILES string of the molecule is CCc1cc(CC)c(NC(=O)c2cccc(C(C)=O)c2)c(C)c1NC.COc1c(Br)cc(C(C)(C)c2cc(Br)c(OC(=O)c3cccc(C(C)=O)c3)c(Br)c2)cc1Br. The molecule has 0 spiro atoms. The van der Waals surface area contributed by atoms with Crippen LogP contribution in [0.3, 0.4) is 0 Å². The molecule has 5 aromatic carbocycles. The molecule has 0 aromatic heterocycles. The minimum absolute atomic E-state index is 0.0511. The number of anilines is 2. The van der Waals surface area contributed by atoms with Gasteiger partial charge in [0.2, 0.25) is 0 Å². The Morgan fingerprint density at radius 1 is 0.638 bits per heavy atom. The lowest BCUT2D eigenvalue weighted by Crippen LogP contribution is -2.19. The highest BCUT2D eigenvalue weighted by Gasteiger charge is 2.28. The van der Waals surface area contributed by atoms with E-state index >= 15 is 0 Å². The van der Waals surface area contributed by atoms with E-state index in [0.717, 1.165) is 61.2 Å². The molecule has 1 amide bonds. The van der Waals surface area contributed by atoms with E-state index in [0.29, 0.717) is 36.9 Å². The van der Waals surface area contributed by atoms with Crippen molar-refractivity contribution in [2.24, 2.45) is 0 Å². The van der Waals surface area contributed by atoms with Gasteiger partial charge in [0.1, 0.15) is 5.75 Å². The second-order valence-electron chi connectivity index (χ2n) is 14.0. The molecule has 0 aliphatic rings. The number of methoxy groups -OCH3 is 1. The number of carbonyl (C=O) groups is 4. The van der Waals surface area contributed by atoms with Crippen molar-refractivity contribution in [2.75, 3.05) is 24.8 Å². The van der Waals surface area contributed by atoms with Gasteiger partial charge in [-0.3, -0.25) is 14.4 Å². The number of hydrogen-bond donors (Lipinski definition) is 2. The summed E-state index contributed by atoms with van der Waals surface area (Å²) in [5.74, 6) is 0.180. The molecule has 8 nitrogen and oxygen atoms in total. The molecule has 12 heteroatoms. The maximum Gasteiger partial charge on any atom is 0.343 e. The molecule has 0 saturated heterocycles. The molecule has 5 rings (SSSR count). The summed E-state index contributed by atoms with van der Waals surface area (Å²) in [6, 6.07) is 23.4. The first-order valence-electron chi connectivity index (χ1n) is 18.5. The largest absolute Gasteiger partial charge is 0.494 e. The molecule has 0 aliphatic carbocycles. The molecule has 2 N–H and O–H groups in total. The number of carbonyl (C=O) groups excluding carboxylic acids is 4. The standard InChI is InChI=1S/C25H20Br4O4.C21H26N2O2/c1-13(30)14-6-5-7-15(8-14)24(31)33-23-20(28)11-17(12-21(23)29)25(2,3)16-9-18(26)22(32-4)19(27)10-16;1-6-15-11-16(7-2)20(13(3)19(15)22-5)23-21(25)18-10-8-9-17(12-18)14(4)24/h5-12H,1-4H3;8-12,22H,6-7H2,1-5H3,(H,23,25). The molecule has 0 aliphatic heterocycles. The van der Waals surface area contributed by atoms with Crippen LogP contribution in [0.4, 0.5) is 11.4 Å². The summed E-state index contributed by atoms with van der Waals surface area (Å²) in [7, 11) is 3.52. The van der Waals surface area contributed by atoms with Crippen LogP contribution in [-0.2, 0) is 18.3 Å². The van der Waals surface area contributed by atoms with Crippen LogP contribution in [0.1, 0.15) is 111 Å². The van der Waals surface area contributed by atoms with Crippen LogP contribution < -0.4 is 20.1 Å². The van der Waals surface area contributed by atoms with Crippen molar-refractivity contribution in [2.45, 2.75) is 66.7 Å². The lowest BCUT2D eigenvalue weighted by molar-refractivity contribution is 0.0731. The molecule has 304 valence electrons. The fourth-order valence-electron chi connectivity index (χ4n) is 6.42. The van der Waals surface area contributed by atoms with Gasteiger partial charge in [-0.05, 0) is 174 Å². The molecule has 0 unspecified atom stereocenters. The molecule has 5 aromatic rings. The van der Waals surface area contributed by atoms with Crippen LogP contribution in [0.5, 0.6) is 11.5 Å². The van der Waals surface area contributed by atoms with E-state index in [1.807, 2.05) is 38.2 Å². The Kier molecular flexibility index (Phi) is 16.3. The van der Waals surface area contributed by atoms with Crippen molar-refractivity contribution in [1.29, 1.82) is 0 Å². The van der Waals surface area contributed by atoms with Crippen LogP contribution in [0.15, 0.2) is 96.8 Å². The zero-order valence-electron chi connectivity index (χ0n) is 33.9. The van der Waals surface area contributed by atoms with Crippen molar-refractivity contribution in [1.82, 2.24) is 0 Å². The molecule has 0 fully saturated rings.